The maximum absolute atomic E-state index is 5.53. The van der Waals surface area contributed by atoms with Crippen LogP contribution in [0.5, 0.6) is 0 Å². The van der Waals surface area contributed by atoms with Crippen molar-refractivity contribution in [3.8, 4) is 0 Å². The Balaban J connectivity index is 1.82. The van der Waals surface area contributed by atoms with Gasteiger partial charge in [0.15, 0.2) is 0 Å². The van der Waals surface area contributed by atoms with Crippen molar-refractivity contribution in [1.29, 1.82) is 0 Å². The van der Waals surface area contributed by atoms with Crippen LogP contribution in [0.25, 0.3) is 0 Å². The number of hydrogen-bond donors (Lipinski definition) is 1. The Hall–Kier alpha value is -0.120. The molecular weight excluding hydrogens is 176 g/mol. The highest BCUT2D eigenvalue weighted by atomic mass is 16.5. The minimum Gasteiger partial charge on any atom is -0.379 e. The number of ether oxygens (including phenoxy) is 1. The molecule has 0 bridgehead atoms. The lowest BCUT2D eigenvalue weighted by Crippen LogP contribution is -2.33. The first-order valence-electron chi connectivity index (χ1n) is 5.94. The summed E-state index contributed by atoms with van der Waals surface area (Å²) in [4.78, 5) is 2.51. The fraction of sp³-hybridized carbons (Fsp3) is 1.00. The number of nitrogens with one attached hydrogen (secondary N) is 1. The molecule has 84 valence electrons. The second kappa shape index (κ2) is 8.21. The zero-order chi connectivity index (χ0) is 10.1. The van der Waals surface area contributed by atoms with Crippen LogP contribution < -0.4 is 5.32 Å². The summed E-state index contributed by atoms with van der Waals surface area (Å²) in [6, 6.07) is 0. The van der Waals surface area contributed by atoms with E-state index in [0.717, 1.165) is 32.8 Å². The van der Waals surface area contributed by atoms with Crippen LogP contribution in [0.4, 0.5) is 0 Å². The van der Waals surface area contributed by atoms with Gasteiger partial charge in [-0.05, 0) is 32.5 Å². The van der Waals surface area contributed by atoms with E-state index in [0.29, 0.717) is 0 Å². The van der Waals surface area contributed by atoms with Crippen molar-refractivity contribution in [2.45, 2.75) is 26.2 Å². The first kappa shape index (κ1) is 12.0. The molecule has 1 aliphatic heterocycles. The Kier molecular flexibility index (Phi) is 7.01. The van der Waals surface area contributed by atoms with Crippen molar-refractivity contribution in [1.82, 2.24) is 10.2 Å². The summed E-state index contributed by atoms with van der Waals surface area (Å²) in [5, 5.41) is 3.25. The third kappa shape index (κ3) is 5.58. The van der Waals surface area contributed by atoms with E-state index in [2.05, 4.69) is 17.1 Å². The molecule has 1 rings (SSSR count). The molecule has 0 spiro atoms. The van der Waals surface area contributed by atoms with Gasteiger partial charge in [0.1, 0.15) is 0 Å². The summed E-state index contributed by atoms with van der Waals surface area (Å²) in [6.45, 7) is 9.55. The number of likely N-dealkylation sites (N-methyl/N-ethyl adjacent to an activating group) is 1. The molecule has 0 aliphatic carbocycles. The number of nitrogens with zero attached hydrogens (tertiary/aromatic N) is 1. The molecule has 0 radical (unpaired) electrons. The lowest BCUT2D eigenvalue weighted by atomic mass is 10.1. The Bertz CT molecular complexity index is 124. The van der Waals surface area contributed by atoms with E-state index in [1.807, 2.05) is 0 Å². The van der Waals surface area contributed by atoms with E-state index in [1.165, 1.54) is 32.4 Å². The molecule has 1 saturated heterocycles. The van der Waals surface area contributed by atoms with Gasteiger partial charge in [0, 0.05) is 13.1 Å². The van der Waals surface area contributed by atoms with E-state index in [-0.39, 0.29) is 0 Å². The van der Waals surface area contributed by atoms with Crippen molar-refractivity contribution >= 4 is 0 Å². The summed E-state index contributed by atoms with van der Waals surface area (Å²) in [7, 11) is 0. The topological polar surface area (TPSA) is 24.5 Å². The summed E-state index contributed by atoms with van der Waals surface area (Å²) in [5.41, 5.74) is 0. The monoisotopic (exact) mass is 200 g/mol. The molecule has 3 nitrogen and oxygen atoms in total. The number of rotatable bonds is 7. The molecular formula is C11H24N2O. The van der Waals surface area contributed by atoms with Crippen LogP contribution >= 0.6 is 0 Å². The first-order valence-corrected chi connectivity index (χ1v) is 5.94. The Morgan fingerprint density at radius 3 is 2.64 bits per heavy atom. The Morgan fingerprint density at radius 1 is 1.14 bits per heavy atom. The predicted octanol–water partition coefficient (Wildman–Crippen LogP) is 1.10. The standard InChI is InChI=1S/C11H24N2O/c1-2-12-6-10-14-11-9-13-7-4-3-5-8-13/h12H,2-11H2,1H3. The highest BCUT2D eigenvalue weighted by molar-refractivity contribution is 4.63. The molecule has 1 aliphatic rings. The van der Waals surface area contributed by atoms with Gasteiger partial charge >= 0.3 is 0 Å². The van der Waals surface area contributed by atoms with Gasteiger partial charge in [-0.15, -0.1) is 0 Å². The van der Waals surface area contributed by atoms with Crippen molar-refractivity contribution in [3.05, 3.63) is 0 Å². The minimum atomic E-state index is 0.849. The molecule has 0 aromatic rings. The minimum absolute atomic E-state index is 0.849. The maximum atomic E-state index is 5.53. The van der Waals surface area contributed by atoms with Gasteiger partial charge in [-0.1, -0.05) is 13.3 Å². The second-order valence-electron chi connectivity index (χ2n) is 3.87. The van der Waals surface area contributed by atoms with Gasteiger partial charge in [-0.3, -0.25) is 0 Å². The van der Waals surface area contributed by atoms with Crippen LogP contribution in [0.3, 0.4) is 0 Å². The van der Waals surface area contributed by atoms with Crippen LogP contribution in [0.15, 0.2) is 0 Å². The molecule has 1 heterocycles. The summed E-state index contributed by atoms with van der Waals surface area (Å²) < 4.78 is 5.53. The molecule has 0 unspecified atom stereocenters. The SMILES string of the molecule is CCNCCOCCN1CCCCC1. The molecule has 1 fully saturated rings. The Labute approximate surface area is 87.8 Å². The fourth-order valence-corrected chi connectivity index (χ4v) is 1.80. The third-order valence-corrected chi connectivity index (χ3v) is 2.67. The molecule has 0 aromatic carbocycles. The summed E-state index contributed by atoms with van der Waals surface area (Å²) in [6.07, 6.45) is 4.16. The van der Waals surface area contributed by atoms with E-state index >= 15 is 0 Å². The van der Waals surface area contributed by atoms with E-state index in [9.17, 15) is 0 Å². The zero-order valence-electron chi connectivity index (χ0n) is 9.43. The average Bonchev–Trinajstić information content (AvgIpc) is 2.25. The highest BCUT2D eigenvalue weighted by Crippen LogP contribution is 2.07. The van der Waals surface area contributed by atoms with Crippen LogP contribution in [0.1, 0.15) is 26.2 Å². The normalized spacial score (nSPS) is 18.6. The molecule has 14 heavy (non-hydrogen) atoms. The van der Waals surface area contributed by atoms with Crippen LogP contribution in [-0.2, 0) is 4.74 Å². The van der Waals surface area contributed by atoms with Gasteiger partial charge in [0.25, 0.3) is 0 Å². The zero-order valence-corrected chi connectivity index (χ0v) is 9.43. The van der Waals surface area contributed by atoms with Crippen LogP contribution in [-0.4, -0.2) is 50.8 Å². The molecule has 0 amide bonds. The predicted molar refractivity (Wildman–Crippen MR) is 59.7 cm³/mol. The van der Waals surface area contributed by atoms with E-state index in [4.69, 9.17) is 4.74 Å². The molecule has 0 atom stereocenters. The van der Waals surface area contributed by atoms with Crippen molar-refractivity contribution in [2.75, 3.05) is 45.9 Å². The van der Waals surface area contributed by atoms with Gasteiger partial charge in [0.2, 0.25) is 0 Å². The van der Waals surface area contributed by atoms with Gasteiger partial charge in [0.05, 0.1) is 13.2 Å². The molecule has 0 aromatic heterocycles. The van der Waals surface area contributed by atoms with Gasteiger partial charge in [-0.2, -0.15) is 0 Å². The van der Waals surface area contributed by atoms with E-state index < -0.39 is 0 Å². The third-order valence-electron chi connectivity index (χ3n) is 2.67. The lowest BCUT2D eigenvalue weighted by Gasteiger charge is -2.26. The fourth-order valence-electron chi connectivity index (χ4n) is 1.80. The first-order chi connectivity index (χ1) is 6.93. The number of likely N-dealkylation sites (tertiary alicyclic amines) is 1. The average molecular weight is 200 g/mol. The quantitative estimate of drug-likeness (QED) is 0.623. The van der Waals surface area contributed by atoms with Crippen molar-refractivity contribution in [2.24, 2.45) is 0 Å². The Morgan fingerprint density at radius 2 is 1.93 bits per heavy atom. The van der Waals surface area contributed by atoms with E-state index in [1.54, 1.807) is 0 Å². The van der Waals surface area contributed by atoms with Gasteiger partial charge in [-0.25, -0.2) is 0 Å². The highest BCUT2D eigenvalue weighted by Gasteiger charge is 2.08. The largest absolute Gasteiger partial charge is 0.379 e. The van der Waals surface area contributed by atoms with Crippen molar-refractivity contribution in [3.63, 3.8) is 0 Å². The van der Waals surface area contributed by atoms with Crippen LogP contribution in [0.2, 0.25) is 0 Å². The smallest absolute Gasteiger partial charge is 0.0594 e. The summed E-state index contributed by atoms with van der Waals surface area (Å²) in [5.74, 6) is 0. The second-order valence-corrected chi connectivity index (χ2v) is 3.87. The molecule has 0 saturated carbocycles. The number of hydrogen-bond acceptors (Lipinski definition) is 3. The van der Waals surface area contributed by atoms with Crippen LogP contribution in [0, 0.1) is 0 Å². The van der Waals surface area contributed by atoms with Crippen molar-refractivity contribution < 1.29 is 4.74 Å². The summed E-state index contributed by atoms with van der Waals surface area (Å²) >= 11 is 0. The van der Waals surface area contributed by atoms with Gasteiger partial charge < -0.3 is 15.0 Å². The lowest BCUT2D eigenvalue weighted by molar-refractivity contribution is 0.0982. The molecule has 1 N–H and O–H groups in total. The maximum Gasteiger partial charge on any atom is 0.0594 e. The number of piperidine rings is 1. The molecule has 3 heteroatoms.